The summed E-state index contributed by atoms with van der Waals surface area (Å²) < 4.78 is 0. The SMILES string of the molecule is CC.NCC(N)C(=O)O. The number of carboxylic acids is 1. The van der Waals surface area contributed by atoms with Crippen LogP contribution in [0, 0.1) is 0 Å². The van der Waals surface area contributed by atoms with Gasteiger partial charge in [0.05, 0.1) is 0 Å². The molecule has 0 radical (unpaired) electrons. The van der Waals surface area contributed by atoms with E-state index < -0.39 is 12.0 Å². The van der Waals surface area contributed by atoms with Crippen LogP contribution in [0.3, 0.4) is 0 Å². The van der Waals surface area contributed by atoms with Crippen molar-refractivity contribution < 1.29 is 9.90 Å². The molecule has 0 amide bonds. The van der Waals surface area contributed by atoms with Crippen LogP contribution in [0.1, 0.15) is 13.8 Å². The van der Waals surface area contributed by atoms with Crippen LogP contribution in [0.2, 0.25) is 0 Å². The van der Waals surface area contributed by atoms with Gasteiger partial charge in [-0.05, 0) is 0 Å². The summed E-state index contributed by atoms with van der Waals surface area (Å²) in [6, 6.07) is -0.903. The van der Waals surface area contributed by atoms with E-state index in [-0.39, 0.29) is 6.54 Å². The third kappa shape index (κ3) is 7.39. The molecule has 9 heavy (non-hydrogen) atoms. The number of carbonyl (C=O) groups is 1. The summed E-state index contributed by atoms with van der Waals surface area (Å²) in [6.07, 6.45) is 0. The molecule has 56 valence electrons. The first-order valence-electron chi connectivity index (χ1n) is 2.87. The Morgan fingerprint density at radius 2 is 2.00 bits per heavy atom. The van der Waals surface area contributed by atoms with Crippen LogP contribution < -0.4 is 11.5 Å². The van der Waals surface area contributed by atoms with E-state index in [0.717, 1.165) is 0 Å². The van der Waals surface area contributed by atoms with Gasteiger partial charge in [-0.15, -0.1) is 0 Å². The lowest BCUT2D eigenvalue weighted by Crippen LogP contribution is -2.37. The topological polar surface area (TPSA) is 89.3 Å². The van der Waals surface area contributed by atoms with Crippen LogP contribution >= 0.6 is 0 Å². The van der Waals surface area contributed by atoms with Gasteiger partial charge < -0.3 is 16.6 Å². The van der Waals surface area contributed by atoms with E-state index in [9.17, 15) is 4.79 Å². The minimum Gasteiger partial charge on any atom is -0.480 e. The van der Waals surface area contributed by atoms with Gasteiger partial charge in [-0.3, -0.25) is 4.79 Å². The standard InChI is InChI=1S/C3H8N2O2.C2H6/c4-1-2(5)3(6)7;1-2/h2H,1,4-5H2,(H,6,7);1-2H3. The Morgan fingerprint density at radius 1 is 1.67 bits per heavy atom. The molecule has 0 heterocycles. The highest BCUT2D eigenvalue weighted by Crippen LogP contribution is 1.68. The molecule has 0 spiro atoms. The highest BCUT2D eigenvalue weighted by atomic mass is 16.4. The van der Waals surface area contributed by atoms with Gasteiger partial charge in [-0.1, -0.05) is 13.8 Å². The number of hydrogen-bond acceptors (Lipinski definition) is 3. The molecule has 5 N–H and O–H groups in total. The Labute approximate surface area is 54.8 Å². The molecule has 0 aliphatic rings. The van der Waals surface area contributed by atoms with Crippen molar-refractivity contribution in [2.45, 2.75) is 19.9 Å². The van der Waals surface area contributed by atoms with Gasteiger partial charge in [0.25, 0.3) is 0 Å². The first kappa shape index (κ1) is 11.2. The summed E-state index contributed by atoms with van der Waals surface area (Å²) in [5.74, 6) is -1.05. The second kappa shape index (κ2) is 7.39. The lowest BCUT2D eigenvalue weighted by molar-refractivity contribution is -0.138. The van der Waals surface area contributed by atoms with Gasteiger partial charge in [0.15, 0.2) is 0 Å². The number of aliphatic carboxylic acids is 1. The predicted octanol–water partition coefficient (Wildman–Crippen LogP) is -0.617. The summed E-state index contributed by atoms with van der Waals surface area (Å²) in [7, 11) is 0. The third-order valence-electron chi connectivity index (χ3n) is 0.571. The second-order valence-electron chi connectivity index (χ2n) is 1.18. The molecule has 1 atom stereocenters. The number of hydrogen-bond donors (Lipinski definition) is 3. The molecule has 0 rings (SSSR count). The normalized spacial score (nSPS) is 11.1. The van der Waals surface area contributed by atoms with Crippen LogP contribution in [-0.2, 0) is 4.79 Å². The molecule has 4 heteroatoms. The summed E-state index contributed by atoms with van der Waals surface area (Å²) >= 11 is 0. The zero-order valence-corrected chi connectivity index (χ0v) is 5.79. The minimum atomic E-state index is -1.05. The molecule has 0 bridgehead atoms. The molecule has 0 saturated carbocycles. The quantitative estimate of drug-likeness (QED) is 0.469. The molecule has 0 aromatic rings. The minimum absolute atomic E-state index is 0.00463. The number of nitrogens with two attached hydrogens (primary N) is 2. The molecule has 0 aliphatic carbocycles. The lowest BCUT2D eigenvalue weighted by atomic mass is 10.3. The van der Waals surface area contributed by atoms with E-state index >= 15 is 0 Å². The molecule has 0 aromatic carbocycles. The fourth-order valence-electron chi connectivity index (χ4n) is 0.101. The van der Waals surface area contributed by atoms with E-state index in [1.54, 1.807) is 0 Å². The van der Waals surface area contributed by atoms with Gasteiger partial charge in [0.2, 0.25) is 0 Å². The van der Waals surface area contributed by atoms with E-state index in [0.29, 0.717) is 0 Å². The van der Waals surface area contributed by atoms with Crippen LogP contribution in [0.15, 0.2) is 0 Å². The van der Waals surface area contributed by atoms with Gasteiger partial charge in [-0.2, -0.15) is 0 Å². The molecule has 0 aromatic heterocycles. The second-order valence-corrected chi connectivity index (χ2v) is 1.18. The number of rotatable bonds is 2. The zero-order valence-electron chi connectivity index (χ0n) is 5.79. The smallest absolute Gasteiger partial charge is 0.321 e. The first-order chi connectivity index (χ1) is 4.18. The molecule has 4 nitrogen and oxygen atoms in total. The van der Waals surface area contributed by atoms with E-state index in [4.69, 9.17) is 16.6 Å². The summed E-state index contributed by atoms with van der Waals surface area (Å²) in [5, 5.41) is 7.98. The van der Waals surface area contributed by atoms with Crippen molar-refractivity contribution in [3.05, 3.63) is 0 Å². The fourth-order valence-corrected chi connectivity index (χ4v) is 0.101. The molecule has 0 fully saturated rings. The Kier molecular flexibility index (Phi) is 9.21. The Hall–Kier alpha value is -0.610. The zero-order chi connectivity index (χ0) is 7.86. The van der Waals surface area contributed by atoms with Crippen LogP contribution in [0.4, 0.5) is 0 Å². The van der Waals surface area contributed by atoms with Crippen LogP contribution in [0.25, 0.3) is 0 Å². The van der Waals surface area contributed by atoms with E-state index in [1.807, 2.05) is 13.8 Å². The average molecular weight is 134 g/mol. The van der Waals surface area contributed by atoms with E-state index in [2.05, 4.69) is 0 Å². The van der Waals surface area contributed by atoms with Gasteiger partial charge in [0, 0.05) is 6.54 Å². The van der Waals surface area contributed by atoms with Crippen molar-refractivity contribution in [1.29, 1.82) is 0 Å². The van der Waals surface area contributed by atoms with Crippen LogP contribution in [0.5, 0.6) is 0 Å². The Morgan fingerprint density at radius 3 is 2.00 bits per heavy atom. The lowest BCUT2D eigenvalue weighted by Gasteiger charge is -1.97. The largest absolute Gasteiger partial charge is 0.480 e. The predicted molar refractivity (Wildman–Crippen MR) is 36.0 cm³/mol. The van der Waals surface area contributed by atoms with Crippen molar-refractivity contribution in [1.82, 2.24) is 0 Å². The van der Waals surface area contributed by atoms with Gasteiger partial charge >= 0.3 is 5.97 Å². The number of carboxylic acid groups (broad SMARTS) is 1. The van der Waals surface area contributed by atoms with Gasteiger partial charge in [0.1, 0.15) is 6.04 Å². The molecule has 0 saturated heterocycles. The first-order valence-corrected chi connectivity index (χ1v) is 2.87. The Bertz CT molecular complexity index is 75.4. The molecule has 1 unspecified atom stereocenters. The summed E-state index contributed by atoms with van der Waals surface area (Å²) in [4.78, 5) is 9.73. The van der Waals surface area contributed by atoms with Crippen molar-refractivity contribution >= 4 is 5.97 Å². The molecular formula is C5H14N2O2. The van der Waals surface area contributed by atoms with Gasteiger partial charge in [-0.25, -0.2) is 0 Å². The maximum Gasteiger partial charge on any atom is 0.321 e. The van der Waals surface area contributed by atoms with Crippen LogP contribution in [-0.4, -0.2) is 23.7 Å². The Balaban J connectivity index is 0. The average Bonchev–Trinajstić information content (AvgIpc) is 1.91. The van der Waals surface area contributed by atoms with Crippen molar-refractivity contribution in [2.24, 2.45) is 11.5 Å². The van der Waals surface area contributed by atoms with Crippen molar-refractivity contribution in [3.63, 3.8) is 0 Å². The van der Waals surface area contributed by atoms with Crippen molar-refractivity contribution in [3.8, 4) is 0 Å². The van der Waals surface area contributed by atoms with E-state index in [1.165, 1.54) is 0 Å². The summed E-state index contributed by atoms with van der Waals surface area (Å²) in [5.41, 5.74) is 9.76. The molecular weight excluding hydrogens is 120 g/mol. The maximum absolute atomic E-state index is 9.73. The third-order valence-corrected chi connectivity index (χ3v) is 0.571. The monoisotopic (exact) mass is 134 g/mol. The summed E-state index contributed by atoms with van der Waals surface area (Å²) in [6.45, 7) is 4.00. The highest BCUT2D eigenvalue weighted by Gasteiger charge is 2.05. The van der Waals surface area contributed by atoms with Crippen molar-refractivity contribution in [2.75, 3.05) is 6.54 Å². The highest BCUT2D eigenvalue weighted by molar-refractivity contribution is 5.73. The maximum atomic E-state index is 9.73. The fraction of sp³-hybridized carbons (Fsp3) is 0.800. The molecule has 0 aliphatic heterocycles.